The summed E-state index contributed by atoms with van der Waals surface area (Å²) in [6.45, 7) is 7.68. The van der Waals surface area contributed by atoms with E-state index in [1.165, 1.54) is 24.3 Å². The highest BCUT2D eigenvalue weighted by molar-refractivity contribution is 6.04. The predicted molar refractivity (Wildman–Crippen MR) is 174 cm³/mol. The second-order valence-corrected chi connectivity index (χ2v) is 13.3. The lowest BCUT2D eigenvalue weighted by atomic mass is 9.73. The van der Waals surface area contributed by atoms with Gasteiger partial charge in [0.05, 0.1) is 29.7 Å². The minimum Gasteiger partial charge on any atom is -0.508 e. The van der Waals surface area contributed by atoms with Gasteiger partial charge in [0.15, 0.2) is 5.82 Å². The fourth-order valence-corrected chi connectivity index (χ4v) is 7.67. The summed E-state index contributed by atoms with van der Waals surface area (Å²) in [6.07, 6.45) is 8.33. The second kappa shape index (κ2) is 11.9. The van der Waals surface area contributed by atoms with Gasteiger partial charge in [0.2, 0.25) is 0 Å². The number of phenolic OH excluding ortho intramolecular Hbond substituents is 1. The average Bonchev–Trinajstić information content (AvgIpc) is 3.40. The van der Waals surface area contributed by atoms with Gasteiger partial charge in [-0.15, -0.1) is 6.42 Å². The molecule has 0 unspecified atom stereocenters. The molecule has 47 heavy (non-hydrogen) atoms. The number of anilines is 1. The Hall–Kier alpha value is -4.58. The van der Waals surface area contributed by atoms with Crippen molar-refractivity contribution in [3.05, 3.63) is 53.3 Å². The van der Waals surface area contributed by atoms with Crippen LogP contribution in [0.15, 0.2) is 30.3 Å². The molecular weight excluding hydrogens is 605 g/mol. The van der Waals surface area contributed by atoms with E-state index in [1.54, 1.807) is 0 Å². The number of aromatic hydroxyl groups is 1. The van der Waals surface area contributed by atoms with Gasteiger partial charge in [0.1, 0.15) is 28.7 Å². The summed E-state index contributed by atoms with van der Waals surface area (Å²) in [7, 11) is 0. The summed E-state index contributed by atoms with van der Waals surface area (Å²) in [5.74, 6) is -0.539. The number of hydrogen-bond acceptors (Lipinski definition) is 8. The van der Waals surface area contributed by atoms with Gasteiger partial charge in [0.25, 0.3) is 0 Å². The molecule has 3 saturated heterocycles. The van der Waals surface area contributed by atoms with Crippen molar-refractivity contribution in [3.63, 3.8) is 0 Å². The molecule has 4 heterocycles. The summed E-state index contributed by atoms with van der Waals surface area (Å²) in [4.78, 5) is 13.5. The maximum atomic E-state index is 16.9. The maximum absolute atomic E-state index is 16.9. The Labute approximate surface area is 271 Å². The van der Waals surface area contributed by atoms with Crippen LogP contribution in [-0.2, 0) is 0 Å². The molecule has 4 atom stereocenters. The van der Waals surface area contributed by atoms with Crippen LogP contribution in [0.5, 0.6) is 11.8 Å². The molecule has 0 spiro atoms. The number of rotatable bonds is 6. The van der Waals surface area contributed by atoms with E-state index in [1.807, 2.05) is 11.8 Å². The van der Waals surface area contributed by atoms with Crippen LogP contribution in [0.25, 0.3) is 32.8 Å². The van der Waals surface area contributed by atoms with E-state index in [9.17, 15) is 14.8 Å². The first-order valence-corrected chi connectivity index (χ1v) is 16.0. The van der Waals surface area contributed by atoms with Gasteiger partial charge in [-0.3, -0.25) is 0 Å². The molecule has 3 aliphatic heterocycles. The Morgan fingerprint density at radius 1 is 1.11 bits per heavy atom. The number of likely N-dealkylation sites (tertiary alicyclic amines) is 1. The molecule has 3 fully saturated rings. The molecule has 4 aromatic rings. The highest BCUT2D eigenvalue weighted by atomic mass is 19.1. The van der Waals surface area contributed by atoms with Crippen LogP contribution in [0.4, 0.5) is 19.0 Å². The Kier molecular flexibility index (Phi) is 7.86. The van der Waals surface area contributed by atoms with Crippen LogP contribution >= 0.6 is 0 Å². The standard InChI is InChI=1S/C36H35F3N6O2/c1-4-25-28(37)9-6-20-12-24(46)13-26(30(20)25)31-29(38)14-27-33(32(31)39)42-35(43-34(27)45-16-22-7-8-23(17-45)41-22)47-19-36(3)18-44(5-2)11-10-21(36)15-40/h1,6,9,12-14,21-23,41,46H,5,7-8,10-11,16-19H2,2-3H3/t21-,22-,23+,36+/m1/s1. The van der Waals surface area contributed by atoms with E-state index in [0.29, 0.717) is 37.3 Å². The number of phenols is 1. The lowest BCUT2D eigenvalue weighted by Gasteiger charge is -2.42. The lowest BCUT2D eigenvalue weighted by molar-refractivity contribution is 0.0253. The van der Waals surface area contributed by atoms with Crippen molar-refractivity contribution in [1.29, 1.82) is 5.26 Å². The van der Waals surface area contributed by atoms with Gasteiger partial charge < -0.3 is 25.0 Å². The number of piperidine rings is 1. The van der Waals surface area contributed by atoms with Crippen LogP contribution in [0.2, 0.25) is 0 Å². The molecule has 11 heteroatoms. The molecule has 7 rings (SSSR count). The SMILES string of the molecule is C#Cc1c(F)ccc2cc(O)cc(-c3c(F)cc4c(N5C[C@H]6CC[C@@H](C5)N6)nc(OC[C@]5(C)CN(CC)CC[C@@H]5C#N)nc4c3F)c12. The number of terminal acetylenes is 1. The molecule has 0 aliphatic carbocycles. The van der Waals surface area contributed by atoms with Crippen molar-refractivity contribution in [3.8, 4) is 41.3 Å². The van der Waals surface area contributed by atoms with Crippen molar-refractivity contribution in [2.24, 2.45) is 11.3 Å². The first-order chi connectivity index (χ1) is 22.6. The normalized spacial score (nSPS) is 24.4. The number of aromatic nitrogens is 2. The summed E-state index contributed by atoms with van der Waals surface area (Å²) in [5.41, 5.74) is -1.48. The van der Waals surface area contributed by atoms with E-state index >= 15 is 8.78 Å². The Morgan fingerprint density at radius 3 is 2.57 bits per heavy atom. The molecule has 3 aliphatic rings. The smallest absolute Gasteiger partial charge is 0.319 e. The van der Waals surface area contributed by atoms with Gasteiger partial charge in [-0.2, -0.15) is 15.2 Å². The van der Waals surface area contributed by atoms with Crippen molar-refractivity contribution in [1.82, 2.24) is 20.2 Å². The molecule has 0 saturated carbocycles. The van der Waals surface area contributed by atoms with Crippen LogP contribution in [0.3, 0.4) is 0 Å². The summed E-state index contributed by atoms with van der Waals surface area (Å²) in [5, 5.41) is 24.6. The van der Waals surface area contributed by atoms with Crippen molar-refractivity contribution in [2.75, 3.05) is 44.2 Å². The van der Waals surface area contributed by atoms with Crippen molar-refractivity contribution in [2.45, 2.75) is 45.2 Å². The van der Waals surface area contributed by atoms with Crippen LogP contribution < -0.4 is 15.0 Å². The average molecular weight is 641 g/mol. The van der Waals surface area contributed by atoms with E-state index in [-0.39, 0.29) is 63.8 Å². The third-order valence-corrected chi connectivity index (χ3v) is 10.1. The van der Waals surface area contributed by atoms with Gasteiger partial charge in [0, 0.05) is 53.5 Å². The molecule has 1 aromatic heterocycles. The van der Waals surface area contributed by atoms with Crippen molar-refractivity contribution < 1.29 is 23.0 Å². The Bertz CT molecular complexity index is 1980. The highest BCUT2D eigenvalue weighted by Gasteiger charge is 2.41. The first-order valence-electron chi connectivity index (χ1n) is 16.0. The summed E-state index contributed by atoms with van der Waals surface area (Å²) >= 11 is 0. The number of hydrogen-bond donors (Lipinski definition) is 2. The molecule has 242 valence electrons. The number of ether oxygens (including phenoxy) is 1. The number of halogens is 3. The van der Waals surface area contributed by atoms with Gasteiger partial charge in [-0.25, -0.2) is 13.2 Å². The van der Waals surface area contributed by atoms with Crippen LogP contribution in [0, 0.1) is 52.5 Å². The maximum Gasteiger partial charge on any atom is 0.319 e. The quantitative estimate of drug-likeness (QED) is 0.258. The molecule has 2 bridgehead atoms. The number of nitriles is 1. The monoisotopic (exact) mass is 640 g/mol. The second-order valence-electron chi connectivity index (χ2n) is 13.3. The summed E-state index contributed by atoms with van der Waals surface area (Å²) < 4.78 is 54.2. The molecule has 3 aromatic carbocycles. The lowest BCUT2D eigenvalue weighted by Crippen LogP contribution is -2.51. The number of piperazine rings is 1. The van der Waals surface area contributed by atoms with E-state index in [0.717, 1.165) is 32.0 Å². The predicted octanol–water partition coefficient (Wildman–Crippen LogP) is 5.75. The van der Waals surface area contributed by atoms with E-state index in [4.69, 9.17) is 16.1 Å². The zero-order valence-electron chi connectivity index (χ0n) is 26.3. The highest BCUT2D eigenvalue weighted by Crippen LogP contribution is 2.42. The van der Waals surface area contributed by atoms with Gasteiger partial charge in [-0.1, -0.05) is 25.8 Å². The van der Waals surface area contributed by atoms with Crippen LogP contribution in [-0.4, -0.2) is 71.4 Å². The molecule has 2 N–H and O–H groups in total. The van der Waals surface area contributed by atoms with Crippen LogP contribution in [0.1, 0.15) is 38.7 Å². The van der Waals surface area contributed by atoms with E-state index < -0.39 is 28.4 Å². The number of fused-ring (bicyclic) bond motifs is 4. The molecule has 8 nitrogen and oxygen atoms in total. The minimum atomic E-state index is -1.01. The van der Waals surface area contributed by atoms with E-state index in [2.05, 4.69) is 34.1 Å². The molecular formula is C36H35F3N6O2. The third-order valence-electron chi connectivity index (χ3n) is 10.1. The van der Waals surface area contributed by atoms with Crippen molar-refractivity contribution >= 4 is 27.5 Å². The third kappa shape index (κ3) is 5.38. The zero-order chi connectivity index (χ0) is 33.0. The first kappa shape index (κ1) is 31.0. The van der Waals surface area contributed by atoms with Gasteiger partial charge >= 0.3 is 6.01 Å². The Balaban J connectivity index is 1.40. The fourth-order valence-electron chi connectivity index (χ4n) is 7.67. The number of nitrogens with zero attached hydrogens (tertiary/aromatic N) is 5. The summed E-state index contributed by atoms with van der Waals surface area (Å²) in [6, 6.07) is 9.05. The number of benzene rings is 3. The fraction of sp³-hybridized carbons (Fsp3) is 0.417. The molecule has 0 amide bonds. The largest absolute Gasteiger partial charge is 0.508 e. The number of nitrogens with one attached hydrogen (secondary N) is 1. The Morgan fingerprint density at radius 2 is 1.87 bits per heavy atom. The van der Waals surface area contributed by atoms with Gasteiger partial charge in [-0.05, 0) is 62.0 Å². The molecule has 0 radical (unpaired) electrons. The topological polar surface area (TPSA) is 97.5 Å². The minimum absolute atomic E-state index is 0.0856. The zero-order valence-corrected chi connectivity index (χ0v) is 26.3.